The summed E-state index contributed by atoms with van der Waals surface area (Å²) in [4.78, 5) is 25.4. The summed E-state index contributed by atoms with van der Waals surface area (Å²) < 4.78 is 33.6. The van der Waals surface area contributed by atoms with Crippen molar-refractivity contribution in [2.24, 2.45) is 17.3 Å². The van der Waals surface area contributed by atoms with Crippen LogP contribution in [0.25, 0.3) is 0 Å². The van der Waals surface area contributed by atoms with Crippen LogP contribution in [-0.4, -0.2) is 27.5 Å². The fourth-order valence-electron chi connectivity index (χ4n) is 3.98. The zero-order valence-electron chi connectivity index (χ0n) is 17.0. The number of rotatable bonds is 6. The van der Waals surface area contributed by atoms with Gasteiger partial charge in [0, 0.05) is 24.0 Å². The van der Waals surface area contributed by atoms with Crippen LogP contribution in [0.5, 0.6) is 5.75 Å². The average Bonchev–Trinajstić information content (AvgIpc) is 3.47. The summed E-state index contributed by atoms with van der Waals surface area (Å²) in [7, 11) is 0. The molecule has 2 aliphatic carbocycles. The van der Waals surface area contributed by atoms with Crippen molar-refractivity contribution in [1.29, 1.82) is 0 Å². The molecule has 162 valence electrons. The molecule has 9 heteroatoms. The summed E-state index contributed by atoms with van der Waals surface area (Å²) in [6.07, 6.45) is 6.12. The Labute approximate surface area is 183 Å². The van der Waals surface area contributed by atoms with E-state index in [2.05, 4.69) is 20.3 Å². The summed E-state index contributed by atoms with van der Waals surface area (Å²) >= 11 is 5.84. The van der Waals surface area contributed by atoms with Crippen LogP contribution in [0.3, 0.4) is 0 Å². The Morgan fingerprint density at radius 1 is 1.29 bits per heavy atom. The minimum Gasteiger partial charge on any atom is -0.489 e. The number of anilines is 1. The normalized spacial score (nSPS) is 24.8. The molecule has 1 amide bonds. The molecule has 1 fully saturated rings. The number of hydrogen-bond donors (Lipinski definition) is 1. The first kappa shape index (κ1) is 21.4. The number of carbonyl (C=O) groups is 1. The highest BCUT2D eigenvalue weighted by atomic mass is 35.5. The fourth-order valence-corrected chi connectivity index (χ4v) is 4.10. The van der Waals surface area contributed by atoms with Crippen molar-refractivity contribution in [2.75, 3.05) is 11.9 Å². The Bertz CT molecular complexity index is 1070. The zero-order chi connectivity index (χ0) is 22.2. The highest BCUT2D eigenvalue weighted by molar-refractivity contribution is 6.30. The predicted molar refractivity (Wildman–Crippen MR) is 112 cm³/mol. The van der Waals surface area contributed by atoms with Gasteiger partial charge in [0.05, 0.1) is 23.5 Å². The van der Waals surface area contributed by atoms with E-state index in [-0.39, 0.29) is 24.9 Å². The van der Waals surface area contributed by atoms with Crippen LogP contribution in [0.1, 0.15) is 24.4 Å². The third-order valence-electron chi connectivity index (χ3n) is 5.84. The molecular formula is C22H21ClF2N4O2. The molecule has 2 heterocycles. The van der Waals surface area contributed by atoms with Gasteiger partial charge in [0.2, 0.25) is 5.91 Å². The van der Waals surface area contributed by atoms with E-state index in [4.69, 9.17) is 16.3 Å². The molecular weight excluding hydrogens is 426 g/mol. The first-order valence-corrected chi connectivity index (χ1v) is 10.2. The molecule has 1 unspecified atom stereocenters. The van der Waals surface area contributed by atoms with Crippen LogP contribution in [0.2, 0.25) is 5.02 Å². The first-order valence-electron chi connectivity index (χ1n) is 9.86. The summed E-state index contributed by atoms with van der Waals surface area (Å²) in [5.41, 5.74) is -0.00600. The number of carbonyl (C=O) groups excluding carboxylic acids is 1. The van der Waals surface area contributed by atoms with E-state index in [1.165, 1.54) is 6.20 Å². The van der Waals surface area contributed by atoms with E-state index >= 15 is 0 Å². The van der Waals surface area contributed by atoms with Gasteiger partial charge in [0.25, 0.3) is 0 Å². The van der Waals surface area contributed by atoms with Gasteiger partial charge >= 0.3 is 0 Å². The minimum atomic E-state index is -0.873. The molecule has 0 radical (unpaired) electrons. The van der Waals surface area contributed by atoms with E-state index in [9.17, 15) is 13.6 Å². The maximum absolute atomic E-state index is 14.0. The molecule has 1 saturated carbocycles. The summed E-state index contributed by atoms with van der Waals surface area (Å²) in [6, 6.07) is 3.23. The van der Waals surface area contributed by atoms with Crippen LogP contribution >= 0.6 is 11.6 Å². The molecule has 4 rings (SSSR count). The van der Waals surface area contributed by atoms with E-state index in [1.807, 2.05) is 0 Å². The number of aryl methyl sites for hydroxylation is 2. The van der Waals surface area contributed by atoms with Crippen molar-refractivity contribution in [1.82, 2.24) is 15.0 Å². The van der Waals surface area contributed by atoms with E-state index < -0.39 is 23.0 Å². The topological polar surface area (TPSA) is 77.0 Å². The van der Waals surface area contributed by atoms with Gasteiger partial charge in [0.1, 0.15) is 17.5 Å². The van der Waals surface area contributed by atoms with Gasteiger partial charge in [-0.25, -0.2) is 23.7 Å². The lowest BCUT2D eigenvalue weighted by Crippen LogP contribution is -2.30. The van der Waals surface area contributed by atoms with Crippen molar-refractivity contribution in [3.63, 3.8) is 0 Å². The number of amides is 1. The molecule has 2 aliphatic rings. The van der Waals surface area contributed by atoms with Gasteiger partial charge in [-0.05, 0) is 44.4 Å². The molecule has 6 nitrogen and oxygen atoms in total. The molecule has 3 atom stereocenters. The maximum Gasteiger partial charge on any atom is 0.229 e. The Hall–Kier alpha value is -2.87. The zero-order valence-corrected chi connectivity index (χ0v) is 17.8. The Balaban J connectivity index is 1.53. The number of hydrogen-bond acceptors (Lipinski definition) is 5. The van der Waals surface area contributed by atoms with E-state index in [0.29, 0.717) is 34.5 Å². The SMILES string of the molecule is Cc1ncc(OC[C@@]2(C3C=CC(F)=C(F)C3)C[C@H]2C(=O)Nc2ccc(Cl)cn2)c(C)n1. The van der Waals surface area contributed by atoms with Gasteiger partial charge in [-0.1, -0.05) is 17.7 Å². The van der Waals surface area contributed by atoms with Crippen molar-refractivity contribution in [3.8, 4) is 5.75 Å². The quantitative estimate of drug-likeness (QED) is 0.683. The van der Waals surface area contributed by atoms with Gasteiger partial charge in [0.15, 0.2) is 11.6 Å². The van der Waals surface area contributed by atoms with Crippen LogP contribution < -0.4 is 10.1 Å². The van der Waals surface area contributed by atoms with Crippen LogP contribution in [0.4, 0.5) is 14.6 Å². The van der Waals surface area contributed by atoms with Crippen molar-refractivity contribution in [2.45, 2.75) is 26.7 Å². The van der Waals surface area contributed by atoms with Gasteiger partial charge < -0.3 is 10.1 Å². The van der Waals surface area contributed by atoms with Crippen molar-refractivity contribution in [3.05, 3.63) is 64.9 Å². The second-order valence-corrected chi connectivity index (χ2v) is 8.36. The molecule has 1 N–H and O–H groups in total. The fraction of sp³-hybridized carbons (Fsp3) is 0.364. The number of nitrogens with one attached hydrogen (secondary N) is 1. The number of allylic oxidation sites excluding steroid dienone is 4. The monoisotopic (exact) mass is 446 g/mol. The van der Waals surface area contributed by atoms with E-state index in [0.717, 1.165) is 6.08 Å². The molecule has 0 aromatic carbocycles. The highest BCUT2D eigenvalue weighted by Gasteiger charge is 2.62. The largest absolute Gasteiger partial charge is 0.489 e. The third-order valence-corrected chi connectivity index (χ3v) is 6.06. The van der Waals surface area contributed by atoms with Gasteiger partial charge in [-0.3, -0.25) is 4.79 Å². The lowest BCUT2D eigenvalue weighted by atomic mass is 9.82. The number of ether oxygens (including phenoxy) is 1. The second-order valence-electron chi connectivity index (χ2n) is 7.92. The third kappa shape index (κ3) is 4.44. The highest BCUT2D eigenvalue weighted by Crippen LogP contribution is 2.61. The molecule has 0 spiro atoms. The summed E-state index contributed by atoms with van der Waals surface area (Å²) in [5, 5.41) is 3.23. The van der Waals surface area contributed by atoms with Crippen LogP contribution in [-0.2, 0) is 4.79 Å². The number of pyridine rings is 1. The maximum atomic E-state index is 14.0. The van der Waals surface area contributed by atoms with Gasteiger partial charge in [-0.15, -0.1) is 0 Å². The molecule has 0 aliphatic heterocycles. The smallest absolute Gasteiger partial charge is 0.229 e. The summed E-state index contributed by atoms with van der Waals surface area (Å²) in [6.45, 7) is 3.73. The molecule has 2 aromatic heterocycles. The van der Waals surface area contributed by atoms with Crippen LogP contribution in [0, 0.1) is 31.1 Å². The van der Waals surface area contributed by atoms with Crippen molar-refractivity contribution >= 4 is 23.3 Å². The van der Waals surface area contributed by atoms with E-state index in [1.54, 1.807) is 38.3 Å². The molecule has 31 heavy (non-hydrogen) atoms. The average molecular weight is 447 g/mol. The first-order chi connectivity index (χ1) is 14.8. The number of aromatic nitrogens is 3. The Morgan fingerprint density at radius 3 is 2.77 bits per heavy atom. The summed E-state index contributed by atoms with van der Waals surface area (Å²) in [5.74, 6) is -1.27. The predicted octanol–water partition coefficient (Wildman–Crippen LogP) is 4.89. The van der Waals surface area contributed by atoms with Gasteiger partial charge in [-0.2, -0.15) is 0 Å². The lowest BCUT2D eigenvalue weighted by Gasteiger charge is -2.27. The molecule has 0 saturated heterocycles. The Kier molecular flexibility index (Phi) is 5.75. The van der Waals surface area contributed by atoms with Crippen molar-refractivity contribution < 1.29 is 18.3 Å². The lowest BCUT2D eigenvalue weighted by molar-refractivity contribution is -0.118. The number of nitrogens with zero attached hydrogens (tertiary/aromatic N) is 3. The van der Waals surface area contributed by atoms with Crippen LogP contribution in [0.15, 0.2) is 48.3 Å². The standard InChI is InChI=1S/C22H21ClF2N4O2/c1-12-19(10-26-13(2)28-12)31-11-22(14-3-5-17(24)18(25)7-14)8-16(22)21(30)29-20-6-4-15(23)9-27-20/h3-6,9-10,14,16H,7-8,11H2,1-2H3,(H,27,29,30)/t14?,16-,22+/m0/s1. The molecule has 2 aromatic rings. The second kappa shape index (κ2) is 8.34. The minimum absolute atomic E-state index is 0.113. The molecule has 0 bridgehead atoms. The number of halogens is 3. The Morgan fingerprint density at radius 2 is 2.10 bits per heavy atom.